The predicted octanol–water partition coefficient (Wildman–Crippen LogP) is 1.55. The van der Waals surface area contributed by atoms with Gasteiger partial charge in [-0.25, -0.2) is 9.97 Å². The quantitative estimate of drug-likeness (QED) is 0.661. The molecule has 1 heterocycles. The first kappa shape index (κ1) is 8.66. The fourth-order valence-corrected chi connectivity index (χ4v) is 0.925. The molecular weight excluding hydrogens is 150 g/mol. The highest BCUT2D eigenvalue weighted by atomic mass is 14.9. The van der Waals surface area contributed by atoms with Crippen LogP contribution in [0.2, 0.25) is 0 Å². The van der Waals surface area contributed by atoms with E-state index in [0.29, 0.717) is 11.6 Å². The zero-order valence-corrected chi connectivity index (χ0v) is 7.28. The molecule has 3 nitrogen and oxygen atoms in total. The Morgan fingerprint density at radius 3 is 2.92 bits per heavy atom. The number of rotatable bonds is 2. The Kier molecular flexibility index (Phi) is 2.76. The Morgan fingerprint density at radius 1 is 1.58 bits per heavy atom. The van der Waals surface area contributed by atoms with Crippen LogP contribution in [0.3, 0.4) is 0 Å². The van der Waals surface area contributed by atoms with E-state index >= 15 is 0 Å². The second-order valence-corrected chi connectivity index (χ2v) is 3.07. The molecule has 1 aromatic rings. The fraction of sp³-hybridized carbons (Fsp3) is 0.444. The molecule has 0 fully saturated rings. The maximum absolute atomic E-state index is 8.56. The van der Waals surface area contributed by atoms with Crippen molar-refractivity contribution in [3.63, 3.8) is 0 Å². The van der Waals surface area contributed by atoms with Gasteiger partial charge in [-0.15, -0.1) is 0 Å². The maximum Gasteiger partial charge on any atom is 0.144 e. The molecule has 0 atom stereocenters. The Labute approximate surface area is 72.1 Å². The van der Waals surface area contributed by atoms with Gasteiger partial charge in [-0.05, 0) is 12.0 Å². The lowest BCUT2D eigenvalue weighted by Crippen LogP contribution is -2.01. The third-order valence-electron chi connectivity index (χ3n) is 1.41. The van der Waals surface area contributed by atoms with Crippen LogP contribution < -0.4 is 0 Å². The molecule has 1 rings (SSSR count). The van der Waals surface area contributed by atoms with Crippen molar-refractivity contribution in [1.82, 2.24) is 9.97 Å². The van der Waals surface area contributed by atoms with Gasteiger partial charge in [0.25, 0.3) is 0 Å². The first-order chi connectivity index (χ1) is 5.72. The summed E-state index contributed by atoms with van der Waals surface area (Å²) < 4.78 is 0. The molecular formula is C9H11N3. The maximum atomic E-state index is 8.56. The summed E-state index contributed by atoms with van der Waals surface area (Å²) in [5.74, 6) is 1.28. The number of hydrogen-bond acceptors (Lipinski definition) is 3. The van der Waals surface area contributed by atoms with Crippen molar-refractivity contribution >= 4 is 0 Å². The molecule has 0 N–H and O–H groups in total. The molecule has 0 unspecified atom stereocenters. The predicted molar refractivity (Wildman–Crippen MR) is 45.3 cm³/mol. The zero-order valence-electron chi connectivity index (χ0n) is 7.28. The minimum absolute atomic E-state index is 0.445. The van der Waals surface area contributed by atoms with E-state index < -0.39 is 0 Å². The van der Waals surface area contributed by atoms with Crippen LogP contribution >= 0.6 is 0 Å². The molecule has 0 amide bonds. The summed E-state index contributed by atoms with van der Waals surface area (Å²) in [5.41, 5.74) is 0.445. The first-order valence-corrected chi connectivity index (χ1v) is 3.94. The van der Waals surface area contributed by atoms with Crippen LogP contribution in [0.1, 0.15) is 25.4 Å². The molecule has 0 spiro atoms. The van der Waals surface area contributed by atoms with Crippen LogP contribution in [-0.4, -0.2) is 9.97 Å². The smallest absolute Gasteiger partial charge is 0.144 e. The summed E-state index contributed by atoms with van der Waals surface area (Å²) in [6.45, 7) is 4.20. The lowest BCUT2D eigenvalue weighted by atomic mass is 10.1. The van der Waals surface area contributed by atoms with Crippen molar-refractivity contribution in [2.45, 2.75) is 20.3 Å². The van der Waals surface area contributed by atoms with Crippen molar-refractivity contribution in [2.24, 2.45) is 5.92 Å². The van der Waals surface area contributed by atoms with Gasteiger partial charge < -0.3 is 0 Å². The molecule has 12 heavy (non-hydrogen) atoms. The van der Waals surface area contributed by atoms with Gasteiger partial charge in [-0.3, -0.25) is 0 Å². The Balaban J connectivity index is 2.81. The second-order valence-electron chi connectivity index (χ2n) is 3.07. The summed E-state index contributed by atoms with van der Waals surface area (Å²) >= 11 is 0. The minimum atomic E-state index is 0.445. The number of aromatic nitrogens is 2. The van der Waals surface area contributed by atoms with Crippen molar-refractivity contribution in [3.05, 3.63) is 23.8 Å². The SMILES string of the molecule is CC(C)Cc1nccc(C#N)n1. The summed E-state index contributed by atoms with van der Waals surface area (Å²) in [5, 5.41) is 8.56. The van der Waals surface area contributed by atoms with Crippen LogP contribution in [0.4, 0.5) is 0 Å². The van der Waals surface area contributed by atoms with Crippen LogP contribution in [0, 0.1) is 17.2 Å². The van der Waals surface area contributed by atoms with Gasteiger partial charge >= 0.3 is 0 Å². The summed E-state index contributed by atoms with van der Waals surface area (Å²) in [4.78, 5) is 8.12. The van der Waals surface area contributed by atoms with Crippen molar-refractivity contribution in [3.8, 4) is 6.07 Å². The molecule has 0 aliphatic heterocycles. The molecule has 0 bridgehead atoms. The van der Waals surface area contributed by atoms with Gasteiger partial charge in [0.1, 0.15) is 17.6 Å². The van der Waals surface area contributed by atoms with Crippen LogP contribution in [0.5, 0.6) is 0 Å². The monoisotopic (exact) mass is 161 g/mol. The van der Waals surface area contributed by atoms with Gasteiger partial charge in [-0.2, -0.15) is 5.26 Å². The topological polar surface area (TPSA) is 49.6 Å². The van der Waals surface area contributed by atoms with E-state index in [1.807, 2.05) is 6.07 Å². The Hall–Kier alpha value is -1.43. The second kappa shape index (κ2) is 3.82. The highest BCUT2D eigenvalue weighted by Crippen LogP contribution is 2.02. The summed E-state index contributed by atoms with van der Waals surface area (Å²) in [6.07, 6.45) is 2.46. The third kappa shape index (κ3) is 2.31. The summed E-state index contributed by atoms with van der Waals surface area (Å²) in [6, 6.07) is 3.60. The normalized spacial score (nSPS) is 9.83. The molecule has 1 aromatic heterocycles. The van der Waals surface area contributed by atoms with E-state index in [9.17, 15) is 0 Å². The Bertz CT molecular complexity index is 299. The molecule has 3 heteroatoms. The average Bonchev–Trinajstić information content (AvgIpc) is 2.03. The fourth-order valence-electron chi connectivity index (χ4n) is 0.925. The van der Waals surface area contributed by atoms with Crippen LogP contribution in [-0.2, 0) is 6.42 Å². The molecule has 0 saturated carbocycles. The van der Waals surface area contributed by atoms with Gasteiger partial charge in [0.05, 0.1) is 0 Å². The standard InChI is InChI=1S/C9H11N3/c1-7(2)5-9-11-4-3-8(6-10)12-9/h3-4,7H,5H2,1-2H3. The lowest BCUT2D eigenvalue weighted by molar-refractivity contribution is 0.620. The van der Waals surface area contributed by atoms with E-state index in [-0.39, 0.29) is 0 Å². The molecule has 62 valence electrons. The van der Waals surface area contributed by atoms with Crippen LogP contribution in [0.15, 0.2) is 12.3 Å². The Morgan fingerprint density at radius 2 is 2.33 bits per heavy atom. The lowest BCUT2D eigenvalue weighted by Gasteiger charge is -2.01. The van der Waals surface area contributed by atoms with E-state index in [2.05, 4.69) is 23.8 Å². The van der Waals surface area contributed by atoms with Gasteiger partial charge in [0, 0.05) is 12.6 Å². The summed E-state index contributed by atoms with van der Waals surface area (Å²) in [7, 11) is 0. The van der Waals surface area contributed by atoms with Gasteiger partial charge in [-0.1, -0.05) is 13.8 Å². The molecule has 0 aliphatic rings. The highest BCUT2D eigenvalue weighted by Gasteiger charge is 2.00. The van der Waals surface area contributed by atoms with Crippen molar-refractivity contribution in [1.29, 1.82) is 5.26 Å². The zero-order chi connectivity index (χ0) is 8.97. The number of nitriles is 1. The highest BCUT2D eigenvalue weighted by molar-refractivity contribution is 5.17. The third-order valence-corrected chi connectivity index (χ3v) is 1.41. The van der Waals surface area contributed by atoms with Crippen LogP contribution in [0.25, 0.3) is 0 Å². The van der Waals surface area contributed by atoms with Crippen molar-refractivity contribution in [2.75, 3.05) is 0 Å². The largest absolute Gasteiger partial charge is 0.241 e. The molecule has 0 aliphatic carbocycles. The van der Waals surface area contributed by atoms with Gasteiger partial charge in [0.2, 0.25) is 0 Å². The molecule has 0 radical (unpaired) electrons. The van der Waals surface area contributed by atoms with E-state index in [1.54, 1.807) is 12.3 Å². The first-order valence-electron chi connectivity index (χ1n) is 3.94. The van der Waals surface area contributed by atoms with E-state index in [1.165, 1.54) is 0 Å². The van der Waals surface area contributed by atoms with E-state index in [4.69, 9.17) is 5.26 Å². The van der Waals surface area contributed by atoms with E-state index in [0.717, 1.165) is 12.2 Å². The molecule has 0 saturated heterocycles. The number of nitrogens with zero attached hydrogens (tertiary/aromatic N) is 3. The molecule has 0 aromatic carbocycles. The van der Waals surface area contributed by atoms with Gasteiger partial charge in [0.15, 0.2) is 0 Å². The number of hydrogen-bond donors (Lipinski definition) is 0. The minimum Gasteiger partial charge on any atom is -0.241 e. The van der Waals surface area contributed by atoms with Crippen molar-refractivity contribution < 1.29 is 0 Å². The average molecular weight is 161 g/mol.